The van der Waals surface area contributed by atoms with Gasteiger partial charge in [0.15, 0.2) is 0 Å². The lowest BCUT2D eigenvalue weighted by Gasteiger charge is -2.13. The summed E-state index contributed by atoms with van der Waals surface area (Å²) in [4.78, 5) is 7.85. The summed E-state index contributed by atoms with van der Waals surface area (Å²) < 4.78 is 13.2. The molecule has 0 radical (unpaired) electrons. The van der Waals surface area contributed by atoms with Gasteiger partial charge in [0.1, 0.15) is 0 Å². The average Bonchev–Trinajstić information content (AvgIpc) is 2.56. The Morgan fingerprint density at radius 1 is 0.955 bits per heavy atom. The van der Waals surface area contributed by atoms with Crippen LogP contribution in [-0.4, -0.2) is 9.97 Å². The van der Waals surface area contributed by atoms with Crippen LogP contribution in [0, 0.1) is 5.95 Å². The molecule has 110 valence electrons. The van der Waals surface area contributed by atoms with Crippen LogP contribution in [0.1, 0.15) is 17.2 Å². The number of hydrogen-bond acceptors (Lipinski definition) is 3. The normalized spacial score (nSPS) is 12.1. The van der Waals surface area contributed by atoms with Crippen molar-refractivity contribution in [3.05, 3.63) is 84.1 Å². The van der Waals surface area contributed by atoms with E-state index < -0.39 is 5.95 Å². The highest BCUT2D eigenvalue weighted by Gasteiger charge is 2.09. The van der Waals surface area contributed by atoms with Crippen LogP contribution in [0.4, 0.5) is 4.39 Å². The van der Waals surface area contributed by atoms with Crippen LogP contribution < -0.4 is 5.73 Å². The van der Waals surface area contributed by atoms with Gasteiger partial charge in [-0.2, -0.15) is 4.39 Å². The highest BCUT2D eigenvalue weighted by Crippen LogP contribution is 2.22. The maximum atomic E-state index is 13.2. The summed E-state index contributed by atoms with van der Waals surface area (Å²) in [6, 6.07) is 16.9. The lowest BCUT2D eigenvalue weighted by molar-refractivity contribution is 0.584. The molecule has 2 aromatic heterocycles. The lowest BCUT2D eigenvalue weighted by atomic mass is 9.99. The predicted octanol–water partition coefficient (Wildman–Crippen LogP) is 3.53. The summed E-state index contributed by atoms with van der Waals surface area (Å²) >= 11 is 0. The maximum Gasteiger partial charge on any atom is 0.213 e. The van der Waals surface area contributed by atoms with Crippen LogP contribution in [0.3, 0.4) is 0 Å². The molecule has 2 heterocycles. The second-order valence-electron chi connectivity index (χ2n) is 5.14. The summed E-state index contributed by atoms with van der Waals surface area (Å²) in [6.07, 6.45) is 3.88. The van der Waals surface area contributed by atoms with Crippen molar-refractivity contribution in [2.75, 3.05) is 0 Å². The third kappa shape index (κ3) is 3.35. The first-order valence-electron chi connectivity index (χ1n) is 7.10. The van der Waals surface area contributed by atoms with Crippen molar-refractivity contribution >= 4 is 0 Å². The number of nitrogens with zero attached hydrogens (tertiary/aromatic N) is 2. The minimum absolute atomic E-state index is 0.129. The number of hydrogen-bond donors (Lipinski definition) is 1. The van der Waals surface area contributed by atoms with Gasteiger partial charge in [0.25, 0.3) is 0 Å². The Hall–Kier alpha value is -2.59. The number of halogens is 1. The molecule has 1 unspecified atom stereocenters. The minimum atomic E-state index is -0.515. The van der Waals surface area contributed by atoms with Crippen molar-refractivity contribution in [2.45, 2.75) is 12.5 Å². The number of benzene rings is 1. The van der Waals surface area contributed by atoms with Gasteiger partial charge in [-0.15, -0.1) is 0 Å². The molecule has 0 bridgehead atoms. The van der Waals surface area contributed by atoms with Crippen LogP contribution in [0.2, 0.25) is 0 Å². The first-order valence-corrected chi connectivity index (χ1v) is 7.10. The zero-order valence-corrected chi connectivity index (χ0v) is 12.0. The van der Waals surface area contributed by atoms with Gasteiger partial charge in [0, 0.05) is 30.1 Å². The smallest absolute Gasteiger partial charge is 0.213 e. The molecule has 2 N–H and O–H groups in total. The van der Waals surface area contributed by atoms with Gasteiger partial charge < -0.3 is 5.73 Å². The number of rotatable bonds is 4. The van der Waals surface area contributed by atoms with Crippen molar-refractivity contribution in [1.29, 1.82) is 0 Å². The number of pyridine rings is 2. The zero-order valence-electron chi connectivity index (χ0n) is 12.0. The Kier molecular flexibility index (Phi) is 4.21. The van der Waals surface area contributed by atoms with Crippen LogP contribution in [0.15, 0.2) is 67.0 Å². The Bertz CT molecular complexity index is 759. The fourth-order valence-electron chi connectivity index (χ4n) is 2.38. The van der Waals surface area contributed by atoms with Gasteiger partial charge in [-0.25, -0.2) is 4.98 Å². The molecule has 0 aliphatic carbocycles. The van der Waals surface area contributed by atoms with Crippen molar-refractivity contribution in [3.63, 3.8) is 0 Å². The SMILES string of the molecule is NC(Cc1ccccc1)c1ccnc(-c2ccnc(F)c2)c1. The molecule has 0 saturated carbocycles. The summed E-state index contributed by atoms with van der Waals surface area (Å²) in [7, 11) is 0. The van der Waals surface area contributed by atoms with Crippen molar-refractivity contribution in [2.24, 2.45) is 5.73 Å². The third-order valence-electron chi connectivity index (χ3n) is 3.53. The lowest BCUT2D eigenvalue weighted by Crippen LogP contribution is -2.13. The van der Waals surface area contributed by atoms with E-state index in [0.717, 1.165) is 12.0 Å². The molecular weight excluding hydrogens is 277 g/mol. The van der Waals surface area contributed by atoms with E-state index >= 15 is 0 Å². The standard InChI is InChI=1S/C18H16FN3/c19-18-12-15(7-9-22-18)17-11-14(6-8-21-17)16(20)10-13-4-2-1-3-5-13/h1-9,11-12,16H,10,20H2. The highest BCUT2D eigenvalue weighted by atomic mass is 19.1. The van der Waals surface area contributed by atoms with Gasteiger partial charge in [-0.1, -0.05) is 30.3 Å². The summed E-state index contributed by atoms with van der Waals surface area (Å²) in [5, 5.41) is 0. The first kappa shape index (κ1) is 14.4. The van der Waals surface area contributed by atoms with E-state index in [2.05, 4.69) is 22.1 Å². The summed E-state index contributed by atoms with van der Waals surface area (Å²) in [5.74, 6) is -0.515. The van der Waals surface area contributed by atoms with E-state index in [9.17, 15) is 4.39 Å². The van der Waals surface area contributed by atoms with Gasteiger partial charge in [0.2, 0.25) is 5.95 Å². The molecule has 3 nitrogen and oxygen atoms in total. The van der Waals surface area contributed by atoms with Crippen LogP contribution >= 0.6 is 0 Å². The fraction of sp³-hybridized carbons (Fsp3) is 0.111. The second-order valence-corrected chi connectivity index (χ2v) is 5.14. The summed E-state index contributed by atoms with van der Waals surface area (Å²) in [5.41, 5.74) is 9.84. The van der Waals surface area contributed by atoms with Crippen molar-refractivity contribution in [3.8, 4) is 11.3 Å². The van der Waals surface area contributed by atoms with Crippen LogP contribution in [0.25, 0.3) is 11.3 Å². The molecule has 22 heavy (non-hydrogen) atoms. The topological polar surface area (TPSA) is 51.8 Å². The van der Waals surface area contributed by atoms with Gasteiger partial charge in [-0.05, 0) is 35.7 Å². The summed E-state index contributed by atoms with van der Waals surface area (Å²) in [6.45, 7) is 0. The van der Waals surface area contributed by atoms with Crippen molar-refractivity contribution < 1.29 is 4.39 Å². The molecule has 4 heteroatoms. The van der Waals surface area contributed by atoms with E-state index in [1.807, 2.05) is 30.3 Å². The quantitative estimate of drug-likeness (QED) is 0.749. The minimum Gasteiger partial charge on any atom is -0.324 e. The van der Waals surface area contributed by atoms with Gasteiger partial charge >= 0.3 is 0 Å². The van der Waals surface area contributed by atoms with Crippen LogP contribution in [-0.2, 0) is 6.42 Å². The van der Waals surface area contributed by atoms with E-state index in [1.54, 1.807) is 12.3 Å². The zero-order chi connectivity index (χ0) is 15.4. The molecule has 1 aromatic carbocycles. The fourth-order valence-corrected chi connectivity index (χ4v) is 2.38. The van der Waals surface area contributed by atoms with E-state index in [1.165, 1.54) is 17.8 Å². The van der Waals surface area contributed by atoms with Gasteiger partial charge in [-0.3, -0.25) is 4.98 Å². The molecule has 1 atom stereocenters. The Morgan fingerprint density at radius 3 is 2.50 bits per heavy atom. The molecular formula is C18H16FN3. The average molecular weight is 293 g/mol. The third-order valence-corrected chi connectivity index (χ3v) is 3.53. The highest BCUT2D eigenvalue weighted by molar-refractivity contribution is 5.59. The first-order chi connectivity index (χ1) is 10.7. The molecule has 3 rings (SSSR count). The molecule has 0 saturated heterocycles. The molecule has 0 spiro atoms. The van der Waals surface area contributed by atoms with Crippen LogP contribution in [0.5, 0.6) is 0 Å². The molecule has 0 aliphatic rings. The Labute approximate surface area is 128 Å². The molecule has 0 amide bonds. The van der Waals surface area contributed by atoms with E-state index in [0.29, 0.717) is 11.3 Å². The molecule has 3 aromatic rings. The molecule has 0 aliphatic heterocycles. The second kappa shape index (κ2) is 6.45. The van der Waals surface area contributed by atoms with Crippen molar-refractivity contribution in [1.82, 2.24) is 9.97 Å². The molecule has 0 fully saturated rings. The Morgan fingerprint density at radius 2 is 1.73 bits per heavy atom. The van der Waals surface area contributed by atoms with Gasteiger partial charge in [0.05, 0.1) is 5.69 Å². The van der Waals surface area contributed by atoms with E-state index in [4.69, 9.17) is 5.73 Å². The van der Waals surface area contributed by atoms with E-state index in [-0.39, 0.29) is 6.04 Å². The largest absolute Gasteiger partial charge is 0.324 e. The number of aromatic nitrogens is 2. The maximum absolute atomic E-state index is 13.2. The Balaban J connectivity index is 1.84. The number of nitrogens with two attached hydrogens (primary N) is 1. The monoisotopic (exact) mass is 293 g/mol. The predicted molar refractivity (Wildman–Crippen MR) is 84.5 cm³/mol.